The summed E-state index contributed by atoms with van der Waals surface area (Å²) in [6.45, 7) is 2.49. The average Bonchev–Trinajstić information content (AvgIpc) is 2.70. The van der Waals surface area contributed by atoms with Crippen LogP contribution >= 0.6 is 0 Å². The van der Waals surface area contributed by atoms with Crippen LogP contribution in [0.15, 0.2) is 18.2 Å². The van der Waals surface area contributed by atoms with Gasteiger partial charge in [-0.2, -0.15) is 5.26 Å². The summed E-state index contributed by atoms with van der Waals surface area (Å²) < 4.78 is 13.1. The molecule has 78 valence electrons. The number of halogens is 1. The Labute approximate surface area is 88.7 Å². The van der Waals surface area contributed by atoms with Gasteiger partial charge in [-0.25, -0.2) is 4.39 Å². The van der Waals surface area contributed by atoms with E-state index in [1.807, 2.05) is 6.07 Å². The van der Waals surface area contributed by atoms with Gasteiger partial charge >= 0.3 is 0 Å². The third-order valence-corrected chi connectivity index (χ3v) is 2.90. The maximum Gasteiger partial charge on any atom is 0.126 e. The fourth-order valence-corrected chi connectivity index (χ4v) is 1.97. The Bertz CT molecular complexity index is 409. The topological polar surface area (TPSA) is 35.8 Å². The Balaban J connectivity index is 2.18. The quantitative estimate of drug-likeness (QED) is 0.762. The summed E-state index contributed by atoms with van der Waals surface area (Å²) in [5.41, 5.74) is 1.74. The molecule has 1 fully saturated rings. The van der Waals surface area contributed by atoms with Crippen LogP contribution in [0.3, 0.4) is 0 Å². The van der Waals surface area contributed by atoms with Crippen molar-refractivity contribution < 1.29 is 4.39 Å². The lowest BCUT2D eigenvalue weighted by Crippen LogP contribution is -2.13. The minimum atomic E-state index is -0.173. The number of nitriles is 1. The summed E-state index contributed by atoms with van der Waals surface area (Å²) in [5, 5.41) is 12.1. The largest absolute Gasteiger partial charge is 0.309 e. The van der Waals surface area contributed by atoms with E-state index < -0.39 is 0 Å². The summed E-state index contributed by atoms with van der Waals surface area (Å²) in [7, 11) is 0. The van der Waals surface area contributed by atoms with E-state index in [1.54, 1.807) is 13.0 Å². The van der Waals surface area contributed by atoms with Crippen molar-refractivity contribution in [2.45, 2.75) is 19.4 Å². The van der Waals surface area contributed by atoms with E-state index >= 15 is 0 Å². The number of rotatable bonds is 1. The first-order valence-corrected chi connectivity index (χ1v) is 5.09. The highest BCUT2D eigenvalue weighted by Crippen LogP contribution is 2.27. The second-order valence-electron chi connectivity index (χ2n) is 4.03. The van der Waals surface area contributed by atoms with Gasteiger partial charge in [-0.05, 0) is 30.5 Å². The molecule has 0 bridgehead atoms. The highest BCUT2D eigenvalue weighted by Gasteiger charge is 2.25. The van der Waals surface area contributed by atoms with Gasteiger partial charge in [-0.1, -0.05) is 12.1 Å². The Morgan fingerprint density at radius 1 is 1.53 bits per heavy atom. The zero-order valence-corrected chi connectivity index (χ0v) is 8.63. The van der Waals surface area contributed by atoms with E-state index in [-0.39, 0.29) is 17.8 Å². The molecule has 15 heavy (non-hydrogen) atoms. The zero-order chi connectivity index (χ0) is 10.8. The minimum absolute atomic E-state index is 0.0837. The van der Waals surface area contributed by atoms with Gasteiger partial charge in [0.1, 0.15) is 5.82 Å². The average molecular weight is 204 g/mol. The highest BCUT2D eigenvalue weighted by molar-refractivity contribution is 5.27. The van der Waals surface area contributed by atoms with Crippen molar-refractivity contribution >= 4 is 0 Å². The van der Waals surface area contributed by atoms with Crippen molar-refractivity contribution in [2.75, 3.05) is 6.54 Å². The van der Waals surface area contributed by atoms with E-state index in [0.717, 1.165) is 18.5 Å². The van der Waals surface area contributed by atoms with Gasteiger partial charge in [0.15, 0.2) is 0 Å². The molecule has 0 radical (unpaired) electrons. The number of hydrogen-bond acceptors (Lipinski definition) is 2. The second kappa shape index (κ2) is 4.00. The van der Waals surface area contributed by atoms with Crippen LogP contribution in [0.25, 0.3) is 0 Å². The van der Waals surface area contributed by atoms with Crippen molar-refractivity contribution in [1.29, 1.82) is 5.26 Å². The normalized spacial score (nSPS) is 25.1. The Morgan fingerprint density at radius 3 is 2.93 bits per heavy atom. The standard InChI is InChI=1S/C12H13FN2/c1-8-4-10(2-3-11(8)13)12-5-9(6-14)7-15-12/h2-4,9,12,15H,5,7H2,1H3. The number of nitrogens with one attached hydrogen (secondary N) is 1. The molecule has 3 heteroatoms. The molecule has 0 aliphatic carbocycles. The third kappa shape index (κ3) is 2.00. The van der Waals surface area contributed by atoms with Gasteiger partial charge in [0, 0.05) is 12.6 Å². The molecule has 2 atom stereocenters. The van der Waals surface area contributed by atoms with Gasteiger partial charge in [0.05, 0.1) is 12.0 Å². The van der Waals surface area contributed by atoms with Crippen LogP contribution in [-0.4, -0.2) is 6.54 Å². The van der Waals surface area contributed by atoms with Gasteiger partial charge in [0.2, 0.25) is 0 Å². The molecule has 1 saturated heterocycles. The molecule has 1 aromatic carbocycles. The van der Waals surface area contributed by atoms with Crippen LogP contribution in [0.1, 0.15) is 23.6 Å². The summed E-state index contributed by atoms with van der Waals surface area (Å²) >= 11 is 0. The van der Waals surface area contributed by atoms with Crippen LogP contribution in [0.2, 0.25) is 0 Å². The van der Waals surface area contributed by atoms with E-state index in [4.69, 9.17) is 5.26 Å². The Morgan fingerprint density at radius 2 is 2.33 bits per heavy atom. The van der Waals surface area contributed by atoms with Gasteiger partial charge in [-0.3, -0.25) is 0 Å². The third-order valence-electron chi connectivity index (χ3n) is 2.90. The maximum absolute atomic E-state index is 13.1. The number of benzene rings is 1. The maximum atomic E-state index is 13.1. The SMILES string of the molecule is Cc1cc(C2CC(C#N)CN2)ccc1F. The van der Waals surface area contributed by atoms with Gasteiger partial charge < -0.3 is 5.32 Å². The lowest BCUT2D eigenvalue weighted by atomic mass is 9.99. The van der Waals surface area contributed by atoms with E-state index in [9.17, 15) is 4.39 Å². The number of nitrogens with zero attached hydrogens (tertiary/aromatic N) is 1. The fourth-order valence-electron chi connectivity index (χ4n) is 1.97. The molecule has 2 nitrogen and oxygen atoms in total. The van der Waals surface area contributed by atoms with Crippen LogP contribution in [-0.2, 0) is 0 Å². The van der Waals surface area contributed by atoms with Gasteiger partial charge in [-0.15, -0.1) is 0 Å². The van der Waals surface area contributed by atoms with E-state index in [2.05, 4.69) is 11.4 Å². The van der Waals surface area contributed by atoms with Crippen molar-refractivity contribution in [3.8, 4) is 6.07 Å². The first-order chi connectivity index (χ1) is 7.20. The summed E-state index contributed by atoms with van der Waals surface area (Å²) in [5.74, 6) is -0.0889. The summed E-state index contributed by atoms with van der Waals surface area (Å²) in [6, 6.07) is 7.59. The molecule has 0 saturated carbocycles. The van der Waals surface area contributed by atoms with E-state index in [0.29, 0.717) is 5.56 Å². The lowest BCUT2D eigenvalue weighted by molar-refractivity contribution is 0.607. The van der Waals surface area contributed by atoms with Crippen molar-refractivity contribution in [1.82, 2.24) is 5.32 Å². The molecule has 1 N–H and O–H groups in total. The molecule has 1 heterocycles. The molecule has 1 aromatic rings. The monoisotopic (exact) mass is 204 g/mol. The molecule has 1 aliphatic rings. The highest BCUT2D eigenvalue weighted by atomic mass is 19.1. The predicted molar refractivity (Wildman–Crippen MR) is 55.6 cm³/mol. The van der Waals surface area contributed by atoms with Crippen molar-refractivity contribution in [3.63, 3.8) is 0 Å². The fraction of sp³-hybridized carbons (Fsp3) is 0.417. The van der Waals surface area contributed by atoms with Crippen LogP contribution in [0.5, 0.6) is 0 Å². The van der Waals surface area contributed by atoms with Gasteiger partial charge in [0.25, 0.3) is 0 Å². The Kier molecular flexibility index (Phi) is 2.70. The van der Waals surface area contributed by atoms with Crippen LogP contribution < -0.4 is 5.32 Å². The predicted octanol–water partition coefficient (Wildman–Crippen LogP) is 2.31. The molecule has 2 unspecified atom stereocenters. The number of aryl methyl sites for hydroxylation is 1. The van der Waals surface area contributed by atoms with Crippen LogP contribution in [0, 0.1) is 30.0 Å². The molecular weight excluding hydrogens is 191 g/mol. The smallest absolute Gasteiger partial charge is 0.126 e. The van der Waals surface area contributed by atoms with E-state index in [1.165, 1.54) is 6.07 Å². The lowest BCUT2D eigenvalue weighted by Gasteiger charge is -2.11. The number of hydrogen-bond donors (Lipinski definition) is 1. The minimum Gasteiger partial charge on any atom is -0.309 e. The molecule has 0 amide bonds. The summed E-state index contributed by atoms with van der Waals surface area (Å²) in [4.78, 5) is 0. The van der Waals surface area contributed by atoms with Crippen molar-refractivity contribution in [3.05, 3.63) is 35.1 Å². The molecular formula is C12H13FN2. The molecule has 0 aromatic heterocycles. The molecule has 1 aliphatic heterocycles. The van der Waals surface area contributed by atoms with Crippen LogP contribution in [0.4, 0.5) is 4.39 Å². The summed E-state index contributed by atoms with van der Waals surface area (Å²) in [6.07, 6.45) is 0.821. The Hall–Kier alpha value is -1.40. The molecule has 0 spiro atoms. The second-order valence-corrected chi connectivity index (χ2v) is 4.03. The molecule has 2 rings (SSSR count). The first-order valence-electron chi connectivity index (χ1n) is 5.09. The van der Waals surface area contributed by atoms with Crippen molar-refractivity contribution in [2.24, 2.45) is 5.92 Å². The zero-order valence-electron chi connectivity index (χ0n) is 8.63. The first kappa shape index (κ1) is 10.1.